The number of amides is 1. The Balaban J connectivity index is 1.35. The Hall–Kier alpha value is -3.09. The van der Waals surface area contributed by atoms with E-state index < -0.39 is 10.2 Å². The van der Waals surface area contributed by atoms with Gasteiger partial charge in [-0.15, -0.1) is 22.7 Å². The molecule has 1 unspecified atom stereocenters. The molecule has 186 valence electrons. The molecule has 1 aliphatic carbocycles. The van der Waals surface area contributed by atoms with Crippen LogP contribution in [0.15, 0.2) is 39.6 Å². The normalized spacial score (nSPS) is 13.6. The van der Waals surface area contributed by atoms with Crippen LogP contribution in [-0.2, 0) is 24.2 Å². The van der Waals surface area contributed by atoms with Gasteiger partial charge in [0.1, 0.15) is 4.83 Å². The van der Waals surface area contributed by atoms with Gasteiger partial charge in [-0.1, -0.05) is 30.8 Å². The number of nitro benzene ring substituents is 1. The van der Waals surface area contributed by atoms with Gasteiger partial charge in [-0.2, -0.15) is 0 Å². The summed E-state index contributed by atoms with van der Waals surface area (Å²) in [5.74, 6) is -0.258. The molecule has 9 nitrogen and oxygen atoms in total. The van der Waals surface area contributed by atoms with Crippen LogP contribution in [-0.4, -0.2) is 30.6 Å². The SMILES string of the molecule is CCCn1c(SC(C)C(=O)Nc2nc(-c3cccc([N+](=O)[O-])c3)cs2)nc2sc3c(c2c1=O)CCC3. The predicted octanol–water partition coefficient (Wildman–Crippen LogP) is 5.51. The van der Waals surface area contributed by atoms with Crippen LogP contribution in [0, 0.1) is 10.1 Å². The van der Waals surface area contributed by atoms with Gasteiger partial charge in [-0.3, -0.25) is 24.3 Å². The Morgan fingerprint density at radius 3 is 2.94 bits per heavy atom. The summed E-state index contributed by atoms with van der Waals surface area (Å²) in [6.45, 7) is 4.33. The molecule has 1 N–H and O–H groups in total. The number of fused-ring (bicyclic) bond motifs is 3. The molecule has 1 atom stereocenters. The number of thiazole rings is 1. The van der Waals surface area contributed by atoms with Gasteiger partial charge in [0.15, 0.2) is 10.3 Å². The van der Waals surface area contributed by atoms with Crippen LogP contribution in [0.2, 0.25) is 0 Å². The van der Waals surface area contributed by atoms with Gasteiger partial charge in [0.05, 0.1) is 21.3 Å². The Kier molecular flexibility index (Phi) is 6.91. The zero-order valence-electron chi connectivity index (χ0n) is 19.6. The first-order valence-electron chi connectivity index (χ1n) is 11.6. The average molecular weight is 542 g/mol. The highest BCUT2D eigenvalue weighted by Crippen LogP contribution is 2.36. The Morgan fingerprint density at radius 1 is 1.33 bits per heavy atom. The van der Waals surface area contributed by atoms with Gasteiger partial charge < -0.3 is 5.32 Å². The Morgan fingerprint density at radius 2 is 2.17 bits per heavy atom. The Labute approximate surface area is 218 Å². The highest BCUT2D eigenvalue weighted by atomic mass is 32.2. The largest absolute Gasteiger partial charge is 0.301 e. The fourth-order valence-electron chi connectivity index (χ4n) is 4.23. The molecule has 4 aromatic rings. The van der Waals surface area contributed by atoms with E-state index in [1.807, 2.05) is 6.92 Å². The van der Waals surface area contributed by atoms with Crippen molar-refractivity contribution in [1.29, 1.82) is 0 Å². The van der Waals surface area contributed by atoms with Crippen molar-refractivity contribution in [3.8, 4) is 11.3 Å². The van der Waals surface area contributed by atoms with Gasteiger partial charge in [0.25, 0.3) is 11.2 Å². The van der Waals surface area contributed by atoms with E-state index >= 15 is 0 Å². The van der Waals surface area contributed by atoms with Crippen molar-refractivity contribution >= 4 is 61.4 Å². The van der Waals surface area contributed by atoms with Crippen LogP contribution < -0.4 is 10.9 Å². The number of hydrogen-bond acceptors (Lipinski definition) is 9. The highest BCUT2D eigenvalue weighted by Gasteiger charge is 2.25. The zero-order chi connectivity index (χ0) is 25.4. The summed E-state index contributed by atoms with van der Waals surface area (Å²) in [5, 5.41) is 16.8. The molecule has 1 aromatic carbocycles. The molecule has 5 rings (SSSR count). The molecule has 0 saturated heterocycles. The van der Waals surface area contributed by atoms with E-state index in [2.05, 4.69) is 10.3 Å². The van der Waals surface area contributed by atoms with Gasteiger partial charge in [0.2, 0.25) is 5.91 Å². The second-order valence-electron chi connectivity index (χ2n) is 8.48. The van der Waals surface area contributed by atoms with Crippen molar-refractivity contribution in [2.24, 2.45) is 0 Å². The van der Waals surface area contributed by atoms with E-state index in [1.165, 1.54) is 40.1 Å². The number of aromatic nitrogens is 3. The van der Waals surface area contributed by atoms with Crippen molar-refractivity contribution in [3.05, 3.63) is 60.6 Å². The minimum absolute atomic E-state index is 0.0159. The number of thioether (sulfide) groups is 1. The predicted molar refractivity (Wildman–Crippen MR) is 144 cm³/mol. The first-order chi connectivity index (χ1) is 17.4. The molecule has 1 aliphatic rings. The number of carbonyl (C=O) groups excluding carboxylic acids is 1. The van der Waals surface area contributed by atoms with Crippen LogP contribution in [0.3, 0.4) is 0 Å². The summed E-state index contributed by atoms with van der Waals surface area (Å²) in [4.78, 5) is 48.2. The maximum atomic E-state index is 13.4. The minimum Gasteiger partial charge on any atom is -0.301 e. The number of benzene rings is 1. The van der Waals surface area contributed by atoms with Gasteiger partial charge in [-0.05, 0) is 38.2 Å². The van der Waals surface area contributed by atoms with Gasteiger partial charge >= 0.3 is 0 Å². The summed E-state index contributed by atoms with van der Waals surface area (Å²) in [5.41, 5.74) is 2.27. The molecule has 0 bridgehead atoms. The molecule has 12 heteroatoms. The molecule has 0 aliphatic heterocycles. The number of nitro groups is 1. The molecule has 3 aromatic heterocycles. The topological polar surface area (TPSA) is 120 Å². The fourth-order valence-corrected chi connectivity index (χ4v) is 7.19. The van der Waals surface area contributed by atoms with Crippen molar-refractivity contribution in [2.45, 2.75) is 56.5 Å². The Bertz CT molecular complexity index is 1540. The molecule has 36 heavy (non-hydrogen) atoms. The average Bonchev–Trinajstić information content (AvgIpc) is 3.58. The molecular formula is C24H23N5O4S3. The third-order valence-electron chi connectivity index (χ3n) is 5.98. The molecule has 0 fully saturated rings. The number of nitrogens with zero attached hydrogens (tertiary/aromatic N) is 4. The summed E-state index contributed by atoms with van der Waals surface area (Å²) in [7, 11) is 0. The lowest BCUT2D eigenvalue weighted by atomic mass is 10.1. The third kappa shape index (κ3) is 4.67. The lowest BCUT2D eigenvalue weighted by molar-refractivity contribution is -0.384. The van der Waals surface area contributed by atoms with E-state index in [9.17, 15) is 19.7 Å². The molecule has 1 amide bonds. The molecular weight excluding hydrogens is 518 g/mol. The number of thiophene rings is 1. The van der Waals surface area contributed by atoms with Gasteiger partial charge in [-0.25, -0.2) is 9.97 Å². The van der Waals surface area contributed by atoms with E-state index in [4.69, 9.17) is 4.98 Å². The minimum atomic E-state index is -0.519. The lowest BCUT2D eigenvalue weighted by Gasteiger charge is -2.15. The second-order valence-corrected chi connectivity index (χ2v) is 11.7. The maximum Gasteiger partial charge on any atom is 0.270 e. The number of anilines is 1. The van der Waals surface area contributed by atoms with Crippen LogP contribution in [0.4, 0.5) is 10.8 Å². The van der Waals surface area contributed by atoms with Crippen LogP contribution in [0.1, 0.15) is 37.1 Å². The second kappa shape index (κ2) is 10.1. The lowest BCUT2D eigenvalue weighted by Crippen LogP contribution is -2.27. The van der Waals surface area contributed by atoms with Crippen molar-refractivity contribution in [1.82, 2.24) is 14.5 Å². The van der Waals surface area contributed by atoms with Crippen molar-refractivity contribution < 1.29 is 9.72 Å². The maximum absolute atomic E-state index is 13.4. The van der Waals surface area contributed by atoms with Crippen molar-refractivity contribution in [2.75, 3.05) is 5.32 Å². The zero-order valence-corrected chi connectivity index (χ0v) is 22.1. The summed E-state index contributed by atoms with van der Waals surface area (Å²) in [6, 6.07) is 6.21. The van der Waals surface area contributed by atoms with Crippen LogP contribution >= 0.6 is 34.4 Å². The van der Waals surface area contributed by atoms with E-state index in [-0.39, 0.29) is 17.2 Å². The monoisotopic (exact) mass is 541 g/mol. The molecule has 3 heterocycles. The van der Waals surface area contributed by atoms with E-state index in [0.29, 0.717) is 28.1 Å². The number of rotatable bonds is 8. The molecule has 0 spiro atoms. The highest BCUT2D eigenvalue weighted by molar-refractivity contribution is 8.00. The number of hydrogen-bond donors (Lipinski definition) is 1. The molecule has 0 saturated carbocycles. The van der Waals surface area contributed by atoms with E-state index in [0.717, 1.165) is 41.5 Å². The number of non-ortho nitro benzene ring substituents is 1. The first kappa shape index (κ1) is 24.6. The fraction of sp³-hybridized carbons (Fsp3) is 0.333. The number of carbonyl (C=O) groups is 1. The smallest absolute Gasteiger partial charge is 0.270 e. The summed E-state index contributed by atoms with van der Waals surface area (Å²) in [6.07, 6.45) is 3.79. The number of nitrogens with one attached hydrogen (secondary N) is 1. The standard InChI is InChI=1S/C24H23N5O4S3/c1-3-10-28-22(31)19-16-8-5-9-18(16)36-21(19)27-24(28)35-13(2)20(30)26-23-25-17(12-34-23)14-6-4-7-15(11-14)29(32)33/h4,6-7,11-13H,3,5,8-10H2,1-2H3,(H,25,26,30). The first-order valence-corrected chi connectivity index (χ1v) is 14.2. The quantitative estimate of drug-likeness (QED) is 0.135. The summed E-state index contributed by atoms with van der Waals surface area (Å²) < 4.78 is 1.70. The van der Waals surface area contributed by atoms with E-state index in [1.54, 1.807) is 40.3 Å². The molecule has 0 radical (unpaired) electrons. The van der Waals surface area contributed by atoms with Crippen LogP contribution in [0.25, 0.3) is 21.5 Å². The van der Waals surface area contributed by atoms with Gasteiger partial charge in [0, 0.05) is 34.5 Å². The number of aryl methyl sites for hydroxylation is 2. The van der Waals surface area contributed by atoms with Crippen molar-refractivity contribution in [3.63, 3.8) is 0 Å². The summed E-state index contributed by atoms with van der Waals surface area (Å²) >= 11 is 4.11. The van der Waals surface area contributed by atoms with Crippen LogP contribution in [0.5, 0.6) is 0 Å². The third-order valence-corrected chi connectivity index (χ3v) is 9.01.